The van der Waals surface area contributed by atoms with Crippen molar-refractivity contribution in [1.29, 1.82) is 0 Å². The molecule has 22 heavy (non-hydrogen) atoms. The number of hydrogen-bond acceptors (Lipinski definition) is 5. The number of nitrogens with two attached hydrogens (primary N) is 1. The first-order valence-electron chi connectivity index (χ1n) is 6.74. The molecule has 5 nitrogen and oxygen atoms in total. The summed E-state index contributed by atoms with van der Waals surface area (Å²) in [6.07, 6.45) is 0. The Morgan fingerprint density at radius 1 is 1.23 bits per heavy atom. The van der Waals surface area contributed by atoms with Crippen LogP contribution < -0.4 is 15.2 Å². The van der Waals surface area contributed by atoms with Crippen LogP contribution in [0.2, 0.25) is 5.02 Å². The van der Waals surface area contributed by atoms with Crippen LogP contribution in [-0.2, 0) is 0 Å². The number of benzene rings is 2. The van der Waals surface area contributed by atoms with Crippen LogP contribution in [0.25, 0.3) is 11.0 Å². The van der Waals surface area contributed by atoms with Gasteiger partial charge in [-0.15, -0.1) is 0 Å². The zero-order chi connectivity index (χ0) is 15.5. The van der Waals surface area contributed by atoms with Crippen molar-refractivity contribution in [2.24, 2.45) is 5.73 Å². The molecule has 114 valence electrons. The highest BCUT2D eigenvalue weighted by atomic mass is 35.5. The minimum absolute atomic E-state index is 0.278. The average Bonchev–Trinajstić information content (AvgIpc) is 2.95. The highest BCUT2D eigenvalue weighted by Crippen LogP contribution is 2.28. The molecular formula is C16H15ClN2O3. The Bertz CT molecular complexity index is 771. The van der Waals surface area contributed by atoms with Gasteiger partial charge >= 0.3 is 0 Å². The number of aromatic nitrogens is 1. The van der Waals surface area contributed by atoms with Gasteiger partial charge in [-0.05, 0) is 41.1 Å². The second-order valence-electron chi connectivity index (χ2n) is 4.82. The molecule has 0 saturated heterocycles. The lowest BCUT2D eigenvalue weighted by Gasteiger charge is -2.12. The van der Waals surface area contributed by atoms with Gasteiger partial charge in [-0.25, -0.2) is 0 Å². The van der Waals surface area contributed by atoms with Crippen molar-refractivity contribution in [3.63, 3.8) is 0 Å². The van der Waals surface area contributed by atoms with E-state index >= 15 is 0 Å². The Hall–Kier alpha value is -2.24. The summed E-state index contributed by atoms with van der Waals surface area (Å²) in [6, 6.07) is 12.5. The maximum Gasteiger partial charge on any atom is 0.262 e. The molecule has 6 heteroatoms. The summed E-state index contributed by atoms with van der Waals surface area (Å²) in [6.45, 7) is 0.278. The maximum atomic E-state index is 6.13. The second kappa shape index (κ2) is 6.25. The number of halogens is 1. The Balaban J connectivity index is 1.71. The molecule has 0 fully saturated rings. The fourth-order valence-electron chi connectivity index (χ4n) is 2.11. The zero-order valence-corrected chi connectivity index (χ0v) is 12.7. The van der Waals surface area contributed by atoms with E-state index in [0.717, 1.165) is 16.7 Å². The molecule has 0 radical (unpaired) electrons. The molecule has 3 rings (SSSR count). The van der Waals surface area contributed by atoms with E-state index in [1.165, 1.54) is 0 Å². The third-order valence-electron chi connectivity index (χ3n) is 3.34. The van der Waals surface area contributed by atoms with E-state index in [1.807, 2.05) is 24.3 Å². The summed E-state index contributed by atoms with van der Waals surface area (Å²) in [5.74, 6) is 1.18. The second-order valence-corrected chi connectivity index (χ2v) is 5.26. The van der Waals surface area contributed by atoms with Gasteiger partial charge in [0.2, 0.25) is 0 Å². The Labute approximate surface area is 132 Å². The lowest BCUT2D eigenvalue weighted by atomic mass is 10.1. The molecule has 1 unspecified atom stereocenters. The molecule has 2 N–H and O–H groups in total. The first-order chi connectivity index (χ1) is 10.7. The van der Waals surface area contributed by atoms with Crippen LogP contribution in [0.4, 0.5) is 0 Å². The standard InChI is InChI=1S/C16H15ClN2O3/c1-20-12-5-2-10(3-6-12)14(18)9-21-16-13-8-11(17)4-7-15(13)22-19-16/h2-8,14H,9,18H2,1H3. The van der Waals surface area contributed by atoms with E-state index in [0.29, 0.717) is 16.5 Å². The molecule has 0 aliphatic carbocycles. The van der Waals surface area contributed by atoms with Crippen molar-refractivity contribution >= 4 is 22.6 Å². The van der Waals surface area contributed by atoms with Gasteiger partial charge in [-0.3, -0.25) is 0 Å². The lowest BCUT2D eigenvalue weighted by molar-refractivity contribution is 0.264. The predicted molar refractivity (Wildman–Crippen MR) is 84.4 cm³/mol. The fourth-order valence-corrected chi connectivity index (χ4v) is 2.28. The molecule has 0 aliphatic heterocycles. The maximum absolute atomic E-state index is 6.13. The van der Waals surface area contributed by atoms with Gasteiger partial charge in [0.1, 0.15) is 12.4 Å². The van der Waals surface area contributed by atoms with Crippen LogP contribution in [0, 0.1) is 0 Å². The number of nitrogens with zero attached hydrogens (tertiary/aromatic N) is 1. The van der Waals surface area contributed by atoms with Crippen LogP contribution in [-0.4, -0.2) is 18.9 Å². The smallest absolute Gasteiger partial charge is 0.262 e. The SMILES string of the molecule is COc1ccc(C(N)COc2noc3ccc(Cl)cc23)cc1. The largest absolute Gasteiger partial charge is 0.497 e. The van der Waals surface area contributed by atoms with E-state index in [9.17, 15) is 0 Å². The highest BCUT2D eigenvalue weighted by Gasteiger charge is 2.13. The molecule has 2 aromatic carbocycles. The third-order valence-corrected chi connectivity index (χ3v) is 3.58. The summed E-state index contributed by atoms with van der Waals surface area (Å²) < 4.78 is 16.0. The van der Waals surface area contributed by atoms with Crippen LogP contribution in [0.1, 0.15) is 11.6 Å². The molecular weight excluding hydrogens is 304 g/mol. The van der Waals surface area contributed by atoms with Crippen molar-refractivity contribution in [1.82, 2.24) is 5.16 Å². The summed E-state index contributed by atoms with van der Waals surface area (Å²) in [5.41, 5.74) is 7.70. The number of rotatable bonds is 5. The molecule has 0 aliphatic rings. The van der Waals surface area contributed by atoms with Crippen molar-refractivity contribution in [3.05, 3.63) is 53.1 Å². The van der Waals surface area contributed by atoms with E-state index in [-0.39, 0.29) is 12.6 Å². The van der Waals surface area contributed by atoms with Gasteiger partial charge in [-0.2, -0.15) is 0 Å². The Kier molecular flexibility index (Phi) is 4.18. The van der Waals surface area contributed by atoms with E-state index in [2.05, 4.69) is 5.16 Å². The first kappa shape index (κ1) is 14.7. The number of ether oxygens (including phenoxy) is 2. The quantitative estimate of drug-likeness (QED) is 0.778. The van der Waals surface area contributed by atoms with E-state index in [4.69, 9.17) is 31.3 Å². The van der Waals surface area contributed by atoms with Crippen LogP contribution in [0.5, 0.6) is 11.6 Å². The van der Waals surface area contributed by atoms with Crippen LogP contribution >= 0.6 is 11.6 Å². The van der Waals surface area contributed by atoms with Crippen molar-refractivity contribution in [2.45, 2.75) is 6.04 Å². The minimum Gasteiger partial charge on any atom is -0.497 e. The molecule has 1 heterocycles. The minimum atomic E-state index is -0.281. The topological polar surface area (TPSA) is 70.5 Å². The van der Waals surface area contributed by atoms with Gasteiger partial charge in [0, 0.05) is 5.02 Å². The summed E-state index contributed by atoms with van der Waals surface area (Å²) in [4.78, 5) is 0. The molecule has 1 atom stereocenters. The van der Waals surface area contributed by atoms with Crippen molar-refractivity contribution < 1.29 is 14.0 Å². The highest BCUT2D eigenvalue weighted by molar-refractivity contribution is 6.31. The molecule has 3 aromatic rings. The number of methoxy groups -OCH3 is 1. The predicted octanol–water partition coefficient (Wildman–Crippen LogP) is 3.57. The van der Waals surface area contributed by atoms with Gasteiger partial charge in [0.25, 0.3) is 5.88 Å². The summed E-state index contributed by atoms with van der Waals surface area (Å²) in [7, 11) is 1.62. The van der Waals surface area contributed by atoms with Crippen LogP contribution in [0.15, 0.2) is 47.0 Å². The Morgan fingerprint density at radius 3 is 2.73 bits per heavy atom. The molecule has 1 aromatic heterocycles. The lowest BCUT2D eigenvalue weighted by Crippen LogP contribution is -2.19. The third kappa shape index (κ3) is 3.00. The van der Waals surface area contributed by atoms with Crippen molar-refractivity contribution in [3.8, 4) is 11.6 Å². The molecule has 0 saturated carbocycles. The van der Waals surface area contributed by atoms with Crippen molar-refractivity contribution in [2.75, 3.05) is 13.7 Å². The van der Waals surface area contributed by atoms with Gasteiger partial charge in [0.05, 0.1) is 18.5 Å². The zero-order valence-electron chi connectivity index (χ0n) is 12.0. The first-order valence-corrected chi connectivity index (χ1v) is 7.12. The fraction of sp³-hybridized carbons (Fsp3) is 0.188. The summed E-state index contributed by atoms with van der Waals surface area (Å²) >= 11 is 5.97. The molecule has 0 bridgehead atoms. The van der Waals surface area contributed by atoms with E-state index in [1.54, 1.807) is 25.3 Å². The molecule has 0 amide bonds. The summed E-state index contributed by atoms with van der Waals surface area (Å²) in [5, 5.41) is 5.23. The number of fused-ring (bicyclic) bond motifs is 1. The monoisotopic (exact) mass is 318 g/mol. The normalized spacial score (nSPS) is 12.3. The average molecular weight is 319 g/mol. The van der Waals surface area contributed by atoms with Gasteiger partial charge in [0.15, 0.2) is 5.58 Å². The number of hydrogen-bond donors (Lipinski definition) is 1. The Morgan fingerprint density at radius 2 is 2.00 bits per heavy atom. The van der Waals surface area contributed by atoms with Gasteiger partial charge in [-0.1, -0.05) is 23.7 Å². The van der Waals surface area contributed by atoms with E-state index < -0.39 is 0 Å². The van der Waals surface area contributed by atoms with Crippen LogP contribution in [0.3, 0.4) is 0 Å². The molecule has 0 spiro atoms. The van der Waals surface area contributed by atoms with Gasteiger partial charge < -0.3 is 19.7 Å².